The Balaban J connectivity index is 0.00000264. The maximum Gasteiger partial charge on any atom is 0.254 e. The Kier molecular flexibility index (Phi) is 8.65. The number of amides is 1. The minimum atomic E-state index is -1.24. The molecule has 1 aromatic carbocycles. The van der Waals surface area contributed by atoms with E-state index in [1.807, 2.05) is 0 Å². The van der Waals surface area contributed by atoms with Gasteiger partial charge in [0, 0.05) is 21.8 Å². The van der Waals surface area contributed by atoms with E-state index in [0.29, 0.717) is 28.1 Å². The van der Waals surface area contributed by atoms with Crippen LogP contribution in [-0.2, 0) is 4.79 Å². The van der Waals surface area contributed by atoms with Crippen LogP contribution >= 0.6 is 35.6 Å². The highest BCUT2D eigenvalue weighted by atomic mass is 35.5. The highest BCUT2D eigenvalue weighted by Gasteiger charge is 2.26. The Morgan fingerprint density at radius 1 is 1.22 bits per heavy atom. The van der Waals surface area contributed by atoms with Crippen molar-refractivity contribution in [3.8, 4) is 0 Å². The lowest BCUT2D eigenvalue weighted by Gasteiger charge is -2.26. The summed E-state index contributed by atoms with van der Waals surface area (Å²) in [6.07, 6.45) is 5.38. The van der Waals surface area contributed by atoms with Gasteiger partial charge in [-0.05, 0) is 30.5 Å². The number of nitrogens with one attached hydrogen (secondary N) is 1. The number of carbonyl (C=O) groups is 1. The Morgan fingerprint density at radius 3 is 2.35 bits per heavy atom. The third-order valence-electron chi connectivity index (χ3n) is 4.13. The zero-order chi connectivity index (χ0) is 16.1. The van der Waals surface area contributed by atoms with Crippen molar-refractivity contribution in [3.63, 3.8) is 0 Å². The first-order valence-corrected chi connectivity index (χ1v) is 8.42. The van der Waals surface area contributed by atoms with E-state index < -0.39 is 18.1 Å². The molecule has 23 heavy (non-hydrogen) atoms. The molecule has 0 saturated heterocycles. The molecule has 1 saturated carbocycles. The lowest BCUT2D eigenvalue weighted by Crippen LogP contribution is -2.44. The lowest BCUT2D eigenvalue weighted by molar-refractivity contribution is -0.125. The molecule has 1 aromatic rings. The van der Waals surface area contributed by atoms with Crippen LogP contribution in [0.4, 0.5) is 5.69 Å². The molecule has 0 aliphatic heterocycles. The van der Waals surface area contributed by atoms with Crippen molar-refractivity contribution in [2.24, 2.45) is 11.7 Å². The molecule has 1 unspecified atom stereocenters. The van der Waals surface area contributed by atoms with Crippen molar-refractivity contribution in [3.05, 3.63) is 28.2 Å². The minimum Gasteiger partial charge on any atom is -0.382 e. The van der Waals surface area contributed by atoms with E-state index >= 15 is 0 Å². The zero-order valence-electron chi connectivity index (χ0n) is 12.8. The zero-order valence-corrected chi connectivity index (χ0v) is 15.1. The van der Waals surface area contributed by atoms with E-state index in [-0.39, 0.29) is 12.4 Å². The van der Waals surface area contributed by atoms with Crippen molar-refractivity contribution in [2.75, 3.05) is 5.32 Å². The molecule has 1 amide bonds. The normalized spacial score (nSPS) is 17.9. The van der Waals surface area contributed by atoms with Gasteiger partial charge in [0.05, 0.1) is 0 Å². The van der Waals surface area contributed by atoms with E-state index in [0.717, 1.165) is 12.8 Å². The van der Waals surface area contributed by atoms with E-state index in [1.54, 1.807) is 18.2 Å². The van der Waals surface area contributed by atoms with Gasteiger partial charge in [-0.25, -0.2) is 0 Å². The summed E-state index contributed by atoms with van der Waals surface area (Å²) in [5, 5.41) is 13.6. The first kappa shape index (κ1) is 20.5. The highest BCUT2D eigenvalue weighted by Crippen LogP contribution is 2.28. The lowest BCUT2D eigenvalue weighted by atomic mass is 9.84. The van der Waals surface area contributed by atoms with Crippen LogP contribution in [-0.4, -0.2) is 23.2 Å². The fourth-order valence-electron chi connectivity index (χ4n) is 2.97. The molecule has 7 heteroatoms. The molecule has 1 fully saturated rings. The van der Waals surface area contributed by atoms with Gasteiger partial charge in [-0.15, -0.1) is 12.4 Å². The maximum atomic E-state index is 12.1. The van der Waals surface area contributed by atoms with Crippen LogP contribution < -0.4 is 11.1 Å². The number of benzene rings is 1. The van der Waals surface area contributed by atoms with Gasteiger partial charge < -0.3 is 16.2 Å². The molecule has 2 rings (SSSR count). The maximum absolute atomic E-state index is 12.1. The summed E-state index contributed by atoms with van der Waals surface area (Å²) < 4.78 is 0. The van der Waals surface area contributed by atoms with E-state index in [9.17, 15) is 9.90 Å². The molecular weight excluding hydrogens is 359 g/mol. The number of aliphatic hydroxyl groups excluding tert-OH is 1. The third kappa shape index (κ3) is 6.48. The number of aliphatic hydroxyl groups is 1. The van der Waals surface area contributed by atoms with Gasteiger partial charge in [0.15, 0.2) is 0 Å². The van der Waals surface area contributed by atoms with E-state index in [4.69, 9.17) is 28.9 Å². The summed E-state index contributed by atoms with van der Waals surface area (Å²) in [5.74, 6) is -0.0199. The van der Waals surface area contributed by atoms with Crippen LogP contribution in [0, 0.1) is 5.92 Å². The predicted molar refractivity (Wildman–Crippen MR) is 97.5 cm³/mol. The number of carbonyl (C=O) groups excluding carboxylic acids is 1. The monoisotopic (exact) mass is 380 g/mol. The quantitative estimate of drug-likeness (QED) is 0.721. The number of halogens is 3. The summed E-state index contributed by atoms with van der Waals surface area (Å²) in [6.45, 7) is 0. The average molecular weight is 382 g/mol. The number of nitrogens with two attached hydrogens (primary N) is 1. The molecule has 2 atom stereocenters. The summed E-state index contributed by atoms with van der Waals surface area (Å²) in [5.41, 5.74) is 6.45. The van der Waals surface area contributed by atoms with Crippen LogP contribution in [0.2, 0.25) is 10.0 Å². The smallest absolute Gasteiger partial charge is 0.254 e. The van der Waals surface area contributed by atoms with Gasteiger partial charge in [0.2, 0.25) is 0 Å². The molecule has 1 aliphatic rings. The van der Waals surface area contributed by atoms with Gasteiger partial charge in [0.25, 0.3) is 5.91 Å². The van der Waals surface area contributed by atoms with Crippen LogP contribution in [0.5, 0.6) is 0 Å². The molecule has 0 radical (unpaired) electrons. The second-order valence-corrected chi connectivity index (χ2v) is 6.87. The third-order valence-corrected chi connectivity index (χ3v) is 4.57. The molecule has 0 aromatic heterocycles. The fraction of sp³-hybridized carbons (Fsp3) is 0.562. The number of rotatable bonds is 5. The Morgan fingerprint density at radius 2 is 1.78 bits per heavy atom. The largest absolute Gasteiger partial charge is 0.382 e. The first-order valence-electron chi connectivity index (χ1n) is 7.66. The Labute approximate surface area is 153 Å². The Hall–Kier alpha value is -0.520. The van der Waals surface area contributed by atoms with Gasteiger partial charge in [0.1, 0.15) is 6.10 Å². The van der Waals surface area contributed by atoms with Crippen molar-refractivity contribution >= 4 is 47.2 Å². The van der Waals surface area contributed by atoms with Crippen LogP contribution in [0.15, 0.2) is 18.2 Å². The molecule has 4 nitrogen and oxygen atoms in total. The van der Waals surface area contributed by atoms with Crippen LogP contribution in [0.25, 0.3) is 0 Å². The molecule has 0 spiro atoms. The minimum absolute atomic E-state index is 0. The summed E-state index contributed by atoms with van der Waals surface area (Å²) in [7, 11) is 0. The fourth-order valence-corrected chi connectivity index (χ4v) is 3.50. The molecule has 130 valence electrons. The topological polar surface area (TPSA) is 75.3 Å². The summed E-state index contributed by atoms with van der Waals surface area (Å²) in [4.78, 5) is 12.1. The number of hydrogen-bond acceptors (Lipinski definition) is 3. The Bertz CT molecular complexity index is 502. The van der Waals surface area contributed by atoms with Crippen molar-refractivity contribution in [1.29, 1.82) is 0 Å². The number of hydrogen-bond donors (Lipinski definition) is 3. The summed E-state index contributed by atoms with van der Waals surface area (Å²) >= 11 is 11.8. The van der Waals surface area contributed by atoms with Crippen molar-refractivity contribution in [2.45, 2.75) is 50.7 Å². The second-order valence-electron chi connectivity index (χ2n) is 6.00. The molecule has 4 N–H and O–H groups in total. The SMILES string of the molecule is Cl.N[C@H](CC1CCCCC1)C(O)C(=O)Nc1cc(Cl)cc(Cl)c1. The van der Waals surface area contributed by atoms with Gasteiger partial charge >= 0.3 is 0 Å². The average Bonchev–Trinajstić information content (AvgIpc) is 2.46. The van der Waals surface area contributed by atoms with Crippen LogP contribution in [0.1, 0.15) is 38.5 Å². The van der Waals surface area contributed by atoms with Crippen LogP contribution in [0.3, 0.4) is 0 Å². The highest BCUT2D eigenvalue weighted by molar-refractivity contribution is 6.35. The molecule has 1 aliphatic carbocycles. The van der Waals surface area contributed by atoms with Crippen molar-refractivity contribution in [1.82, 2.24) is 0 Å². The molecule has 0 bridgehead atoms. The van der Waals surface area contributed by atoms with Gasteiger partial charge in [-0.3, -0.25) is 4.79 Å². The second kappa shape index (κ2) is 9.70. The predicted octanol–water partition coefficient (Wildman–Crippen LogP) is 4.01. The number of anilines is 1. The molecular formula is C16H23Cl3N2O2. The standard InChI is InChI=1S/C16H22Cl2N2O2.ClH/c17-11-7-12(18)9-13(8-11)20-16(22)15(21)14(19)6-10-4-2-1-3-5-10;/h7-10,14-15,21H,1-6,19H2,(H,20,22);1H/t14-,15?;/m1./s1. The van der Waals surface area contributed by atoms with E-state index in [2.05, 4.69) is 5.32 Å². The first-order chi connectivity index (χ1) is 10.5. The van der Waals surface area contributed by atoms with E-state index in [1.165, 1.54) is 19.3 Å². The van der Waals surface area contributed by atoms with Gasteiger partial charge in [-0.2, -0.15) is 0 Å². The van der Waals surface area contributed by atoms with Gasteiger partial charge in [-0.1, -0.05) is 55.3 Å². The van der Waals surface area contributed by atoms with Crippen molar-refractivity contribution < 1.29 is 9.90 Å². The summed E-state index contributed by atoms with van der Waals surface area (Å²) in [6, 6.07) is 4.16. The molecule has 0 heterocycles.